The Labute approximate surface area is 119 Å². The van der Waals surface area contributed by atoms with E-state index in [-0.39, 0.29) is 11.1 Å². The topological polar surface area (TPSA) is 23.6 Å². The molecule has 1 amide bonds. The third kappa shape index (κ3) is 3.95. The number of hydrogen-bond acceptors (Lipinski definition) is 2. The van der Waals surface area contributed by atoms with E-state index < -0.39 is 0 Å². The van der Waals surface area contributed by atoms with Crippen molar-refractivity contribution >= 4 is 6.41 Å². The highest BCUT2D eigenvalue weighted by Gasteiger charge is 2.37. The van der Waals surface area contributed by atoms with Crippen molar-refractivity contribution in [2.24, 2.45) is 0 Å². The van der Waals surface area contributed by atoms with Crippen molar-refractivity contribution in [1.29, 1.82) is 0 Å². The Morgan fingerprint density at radius 2 is 1.79 bits per heavy atom. The first-order valence-corrected chi connectivity index (χ1v) is 7.61. The summed E-state index contributed by atoms with van der Waals surface area (Å²) in [6, 6.07) is 0.976. The van der Waals surface area contributed by atoms with E-state index in [1.165, 1.54) is 0 Å². The molecule has 0 aromatic rings. The monoisotopic (exact) mass is 268 g/mol. The van der Waals surface area contributed by atoms with E-state index in [9.17, 15) is 4.79 Å². The lowest BCUT2D eigenvalue weighted by Gasteiger charge is -2.50. The maximum Gasteiger partial charge on any atom is 0.210 e. The Balaban J connectivity index is 2.82. The fourth-order valence-corrected chi connectivity index (χ4v) is 3.34. The van der Waals surface area contributed by atoms with E-state index in [1.54, 1.807) is 0 Å². The predicted octanol–water partition coefficient (Wildman–Crippen LogP) is 3.28. The Morgan fingerprint density at radius 3 is 2.16 bits per heavy atom. The zero-order valence-electron chi connectivity index (χ0n) is 13.9. The summed E-state index contributed by atoms with van der Waals surface area (Å²) in [6.07, 6.45) is 4.39. The number of carbonyl (C=O) groups excluding carboxylic acids is 1. The molecule has 0 spiro atoms. The minimum absolute atomic E-state index is 0.0748. The van der Waals surface area contributed by atoms with Gasteiger partial charge in [-0.05, 0) is 60.8 Å². The highest BCUT2D eigenvalue weighted by molar-refractivity contribution is 5.49. The molecule has 0 radical (unpaired) electrons. The maximum absolute atomic E-state index is 11.4. The molecule has 0 saturated carbocycles. The van der Waals surface area contributed by atoms with E-state index in [0.29, 0.717) is 12.1 Å². The number of likely N-dealkylation sites (tertiary alicyclic amines) is 1. The first-order valence-electron chi connectivity index (χ1n) is 7.61. The standard InChI is InChI=1S/C16H32N2O/c1-8-13-11-14(18(12-19)16(5,6)7)9-10-17(13)15(2,3)4/h12-14H,8-11H2,1-7H3. The second-order valence-corrected chi connectivity index (χ2v) is 7.79. The van der Waals surface area contributed by atoms with Crippen LogP contribution in [0.1, 0.15) is 67.7 Å². The lowest BCUT2D eigenvalue weighted by molar-refractivity contribution is -0.128. The van der Waals surface area contributed by atoms with Gasteiger partial charge in [-0.3, -0.25) is 9.69 Å². The molecule has 0 N–H and O–H groups in total. The minimum Gasteiger partial charge on any atom is -0.337 e. The molecule has 3 nitrogen and oxygen atoms in total. The molecule has 2 atom stereocenters. The fourth-order valence-electron chi connectivity index (χ4n) is 3.34. The van der Waals surface area contributed by atoms with Gasteiger partial charge in [0.2, 0.25) is 6.41 Å². The second-order valence-electron chi connectivity index (χ2n) is 7.79. The summed E-state index contributed by atoms with van der Waals surface area (Å²) in [5.74, 6) is 0. The van der Waals surface area contributed by atoms with Crippen molar-refractivity contribution in [3.63, 3.8) is 0 Å². The predicted molar refractivity (Wildman–Crippen MR) is 81.2 cm³/mol. The van der Waals surface area contributed by atoms with Crippen LogP contribution in [-0.4, -0.2) is 45.9 Å². The Morgan fingerprint density at radius 1 is 1.21 bits per heavy atom. The van der Waals surface area contributed by atoms with Crippen LogP contribution in [-0.2, 0) is 4.79 Å². The van der Waals surface area contributed by atoms with Gasteiger partial charge >= 0.3 is 0 Å². The Kier molecular flexibility index (Phi) is 5.05. The van der Waals surface area contributed by atoms with Gasteiger partial charge in [-0.2, -0.15) is 0 Å². The van der Waals surface area contributed by atoms with E-state index >= 15 is 0 Å². The molecule has 19 heavy (non-hydrogen) atoms. The molecule has 0 aromatic heterocycles. The highest BCUT2D eigenvalue weighted by atomic mass is 16.1. The maximum atomic E-state index is 11.4. The number of hydrogen-bond donors (Lipinski definition) is 0. The van der Waals surface area contributed by atoms with Crippen molar-refractivity contribution in [3.05, 3.63) is 0 Å². The third-order valence-electron chi connectivity index (χ3n) is 4.30. The molecule has 0 aromatic carbocycles. The molecule has 1 aliphatic rings. The summed E-state index contributed by atoms with van der Waals surface area (Å²) < 4.78 is 0. The molecule has 1 heterocycles. The van der Waals surface area contributed by atoms with Gasteiger partial charge in [0.15, 0.2) is 0 Å². The van der Waals surface area contributed by atoms with Crippen molar-refractivity contribution in [2.45, 2.75) is 90.9 Å². The van der Waals surface area contributed by atoms with E-state index in [4.69, 9.17) is 0 Å². The average Bonchev–Trinajstić information content (AvgIpc) is 2.26. The van der Waals surface area contributed by atoms with Crippen molar-refractivity contribution in [3.8, 4) is 0 Å². The molecule has 112 valence electrons. The van der Waals surface area contributed by atoms with Gasteiger partial charge in [0.1, 0.15) is 0 Å². The number of rotatable bonds is 3. The second kappa shape index (κ2) is 5.82. The molecule has 2 unspecified atom stereocenters. The Bertz CT molecular complexity index is 301. The van der Waals surface area contributed by atoms with Crippen molar-refractivity contribution in [1.82, 2.24) is 9.80 Å². The SMILES string of the molecule is CCC1CC(N(C=O)C(C)(C)C)CCN1C(C)(C)C. The van der Waals surface area contributed by atoms with E-state index in [2.05, 4.69) is 53.4 Å². The number of amides is 1. The molecule has 1 saturated heterocycles. The smallest absolute Gasteiger partial charge is 0.210 e. The van der Waals surface area contributed by atoms with Gasteiger partial charge in [0.05, 0.1) is 0 Å². The van der Waals surface area contributed by atoms with Crippen LogP contribution >= 0.6 is 0 Å². The van der Waals surface area contributed by atoms with Crippen LogP contribution in [0.15, 0.2) is 0 Å². The van der Waals surface area contributed by atoms with Crippen LogP contribution in [0.25, 0.3) is 0 Å². The molecule has 1 fully saturated rings. The summed E-state index contributed by atoms with van der Waals surface area (Å²) in [6.45, 7) is 16.6. The van der Waals surface area contributed by atoms with Gasteiger partial charge in [-0.25, -0.2) is 0 Å². The number of piperidine rings is 1. The fraction of sp³-hybridized carbons (Fsp3) is 0.938. The average molecular weight is 268 g/mol. The normalized spacial score (nSPS) is 26.3. The van der Waals surface area contributed by atoms with Gasteiger partial charge in [-0.1, -0.05) is 6.92 Å². The summed E-state index contributed by atoms with van der Waals surface area (Å²) in [4.78, 5) is 16.1. The van der Waals surface area contributed by atoms with Gasteiger partial charge < -0.3 is 4.90 Å². The molecule has 3 heteroatoms. The number of carbonyl (C=O) groups is 1. The molecule has 0 aliphatic carbocycles. The van der Waals surface area contributed by atoms with Crippen LogP contribution in [0.5, 0.6) is 0 Å². The molecule has 1 aliphatic heterocycles. The van der Waals surface area contributed by atoms with Gasteiger partial charge in [0, 0.05) is 29.7 Å². The van der Waals surface area contributed by atoms with Crippen LogP contribution in [0, 0.1) is 0 Å². The third-order valence-corrected chi connectivity index (χ3v) is 4.30. The lowest BCUT2D eigenvalue weighted by atomic mass is 9.88. The van der Waals surface area contributed by atoms with Crippen molar-refractivity contribution < 1.29 is 4.79 Å². The van der Waals surface area contributed by atoms with E-state index in [1.807, 2.05) is 4.90 Å². The molecular weight excluding hydrogens is 236 g/mol. The quantitative estimate of drug-likeness (QED) is 0.733. The zero-order chi connectivity index (χ0) is 14.8. The summed E-state index contributed by atoms with van der Waals surface area (Å²) in [7, 11) is 0. The summed E-state index contributed by atoms with van der Waals surface area (Å²) in [5, 5.41) is 0. The van der Waals surface area contributed by atoms with Crippen molar-refractivity contribution in [2.75, 3.05) is 6.54 Å². The molecule has 1 rings (SSSR count). The van der Waals surface area contributed by atoms with Gasteiger partial charge in [0.25, 0.3) is 0 Å². The van der Waals surface area contributed by atoms with Crippen LogP contribution < -0.4 is 0 Å². The summed E-state index contributed by atoms with van der Waals surface area (Å²) in [5.41, 5.74) is 0.147. The lowest BCUT2D eigenvalue weighted by Crippen LogP contribution is -2.58. The van der Waals surface area contributed by atoms with Crippen LogP contribution in [0.3, 0.4) is 0 Å². The minimum atomic E-state index is -0.0748. The Hall–Kier alpha value is -0.570. The highest BCUT2D eigenvalue weighted by Crippen LogP contribution is 2.31. The number of nitrogens with zero attached hydrogens (tertiary/aromatic N) is 2. The summed E-state index contributed by atoms with van der Waals surface area (Å²) >= 11 is 0. The molecule has 0 bridgehead atoms. The first-order chi connectivity index (χ1) is 8.61. The van der Waals surface area contributed by atoms with Crippen LogP contribution in [0.4, 0.5) is 0 Å². The molecular formula is C16H32N2O. The van der Waals surface area contributed by atoms with Crippen LogP contribution in [0.2, 0.25) is 0 Å². The first kappa shape index (κ1) is 16.5. The van der Waals surface area contributed by atoms with Gasteiger partial charge in [-0.15, -0.1) is 0 Å². The zero-order valence-corrected chi connectivity index (χ0v) is 13.9. The van der Waals surface area contributed by atoms with E-state index in [0.717, 1.165) is 32.2 Å². The largest absolute Gasteiger partial charge is 0.337 e.